The van der Waals surface area contributed by atoms with Gasteiger partial charge in [0, 0.05) is 54.5 Å². The molecule has 14 heteroatoms. The van der Waals surface area contributed by atoms with Crippen LogP contribution in [0, 0.1) is 69.0 Å². The molecular formula is C55H76N2O12. The Hall–Kier alpha value is -1.95. The van der Waals surface area contributed by atoms with Gasteiger partial charge in [0.2, 0.25) is 5.79 Å². The van der Waals surface area contributed by atoms with E-state index in [-0.39, 0.29) is 78.9 Å². The minimum Gasteiger partial charge on any atom is -0.396 e. The fourth-order valence-corrected chi connectivity index (χ4v) is 20.7. The molecule has 0 bridgehead atoms. The molecule has 8 aliphatic carbocycles. The van der Waals surface area contributed by atoms with Crippen molar-refractivity contribution in [3.63, 3.8) is 0 Å². The van der Waals surface area contributed by atoms with E-state index in [0.29, 0.717) is 44.4 Å². The third kappa shape index (κ3) is 4.90. The summed E-state index contributed by atoms with van der Waals surface area (Å²) in [7, 11) is 0. The summed E-state index contributed by atoms with van der Waals surface area (Å²) < 4.78 is 33.3. The summed E-state index contributed by atoms with van der Waals surface area (Å²) in [6, 6.07) is 0. The molecule has 1 aromatic rings. The Labute approximate surface area is 405 Å². The molecule has 4 spiro atoms. The van der Waals surface area contributed by atoms with E-state index in [2.05, 4.69) is 26.8 Å². The predicted molar refractivity (Wildman–Crippen MR) is 246 cm³/mol. The number of ether oxygens (including phenoxy) is 5. The smallest absolute Gasteiger partial charge is 0.201 e. The normalized spacial score (nSPS) is 59.7. The predicted octanol–water partition coefficient (Wildman–Crippen LogP) is 4.22. The van der Waals surface area contributed by atoms with Gasteiger partial charge in [-0.3, -0.25) is 14.8 Å². The average molecular weight is 957 g/mol. The van der Waals surface area contributed by atoms with Crippen LogP contribution in [0.15, 0.2) is 11.6 Å². The summed E-state index contributed by atoms with van der Waals surface area (Å²) in [5.41, 5.74) is -2.48. The molecule has 5 saturated heterocycles. The van der Waals surface area contributed by atoms with Crippen molar-refractivity contribution in [2.45, 2.75) is 215 Å². The Kier molecular flexibility index (Phi) is 8.79. The van der Waals surface area contributed by atoms with Gasteiger partial charge in [-0.25, -0.2) is 0 Å². The van der Waals surface area contributed by atoms with E-state index in [4.69, 9.17) is 33.7 Å². The van der Waals surface area contributed by atoms with Crippen LogP contribution >= 0.6 is 0 Å². The molecule has 0 radical (unpaired) electrons. The van der Waals surface area contributed by atoms with E-state index in [9.17, 15) is 30.6 Å². The van der Waals surface area contributed by atoms with Gasteiger partial charge in [0.25, 0.3) is 0 Å². The van der Waals surface area contributed by atoms with E-state index in [1.54, 1.807) is 0 Å². The number of Topliss-reactive ketones (excluding diaryl/α,β-unsaturated/α-hetero) is 1. The van der Waals surface area contributed by atoms with E-state index in [1.807, 2.05) is 34.6 Å². The number of aromatic nitrogens is 2. The number of ketones is 1. The van der Waals surface area contributed by atoms with E-state index in [1.165, 1.54) is 0 Å². The van der Waals surface area contributed by atoms with E-state index < -0.39 is 86.2 Å². The van der Waals surface area contributed by atoms with Crippen LogP contribution in [0.2, 0.25) is 0 Å². The third-order valence-electron chi connectivity index (χ3n) is 24.3. The summed E-state index contributed by atoms with van der Waals surface area (Å²) in [6.45, 7) is 16.5. The SMILES string of the molecule is CC1C2CC3OC34C3CCC5Cc6nc7c(nc6CC5(C)C3(O)CC(=O)C24COC12OC(C)(C)CC2O)CC1CCC2C3=CC4OC5(OC(C)(CCO)CC5O)C(C)C4(O)C3(C)C(O)CC2C1(C)C7. The zero-order valence-electron chi connectivity index (χ0n) is 41.9. The van der Waals surface area contributed by atoms with Crippen molar-refractivity contribution >= 4 is 5.78 Å². The zero-order chi connectivity index (χ0) is 48.4. The fraction of sp³-hybridized carbons (Fsp3) is 0.873. The Morgan fingerprint density at radius 1 is 0.754 bits per heavy atom. The van der Waals surface area contributed by atoms with Crippen molar-refractivity contribution in [2.75, 3.05) is 13.2 Å². The Balaban J connectivity index is 0.740. The number of fused-ring (bicyclic) bond motifs is 12. The van der Waals surface area contributed by atoms with E-state index in [0.717, 1.165) is 66.9 Å². The molecule has 0 amide bonds. The summed E-state index contributed by atoms with van der Waals surface area (Å²) in [5.74, 6) is -3.02. The minimum absolute atomic E-state index is 0.0343. The van der Waals surface area contributed by atoms with Crippen LogP contribution in [0.25, 0.3) is 0 Å². The highest BCUT2D eigenvalue weighted by Gasteiger charge is 2.90. The number of carbonyl (C=O) groups excluding carboxylic acids is 1. The number of hydrogen-bond donors (Lipinski definition) is 6. The number of aliphatic hydroxyl groups is 6. The largest absolute Gasteiger partial charge is 0.396 e. The zero-order valence-corrected chi connectivity index (χ0v) is 41.9. The number of aliphatic hydroxyl groups excluding tert-OH is 4. The molecule has 23 unspecified atom stereocenters. The highest BCUT2D eigenvalue weighted by atomic mass is 16.7. The number of epoxide rings is 1. The van der Waals surface area contributed by atoms with Crippen LogP contribution in [0.5, 0.6) is 0 Å². The van der Waals surface area contributed by atoms with Crippen molar-refractivity contribution in [1.29, 1.82) is 0 Å². The Morgan fingerprint density at radius 3 is 2.16 bits per heavy atom. The first-order chi connectivity index (χ1) is 32.4. The lowest BCUT2D eigenvalue weighted by molar-refractivity contribution is -0.351. The molecule has 0 aromatic carbocycles. The van der Waals surface area contributed by atoms with Crippen LogP contribution < -0.4 is 0 Å². The second-order valence-corrected chi connectivity index (χ2v) is 27.3. The molecule has 378 valence electrons. The lowest BCUT2D eigenvalue weighted by Crippen LogP contribution is -2.75. The summed E-state index contributed by atoms with van der Waals surface area (Å²) in [4.78, 5) is 26.2. The second-order valence-electron chi connectivity index (χ2n) is 27.3. The minimum atomic E-state index is -1.50. The van der Waals surface area contributed by atoms with Gasteiger partial charge < -0.3 is 54.3 Å². The lowest BCUT2D eigenvalue weighted by Gasteiger charge is -2.65. The lowest BCUT2D eigenvalue weighted by atomic mass is 9.41. The average Bonchev–Trinajstić information content (AvgIpc) is 3.41. The van der Waals surface area contributed by atoms with Gasteiger partial charge in [0.05, 0.1) is 63.8 Å². The molecule has 23 atom stereocenters. The molecular weight excluding hydrogens is 881 g/mol. The number of hydrogen-bond acceptors (Lipinski definition) is 14. The summed E-state index contributed by atoms with van der Waals surface area (Å²) >= 11 is 0. The van der Waals surface area contributed by atoms with Gasteiger partial charge >= 0.3 is 0 Å². The number of nitrogens with zero attached hydrogens (tertiary/aromatic N) is 2. The molecule has 69 heavy (non-hydrogen) atoms. The first-order valence-electron chi connectivity index (χ1n) is 27.0. The van der Waals surface area contributed by atoms with Gasteiger partial charge in [-0.15, -0.1) is 0 Å². The highest BCUT2D eigenvalue weighted by molar-refractivity contribution is 5.91. The van der Waals surface area contributed by atoms with E-state index >= 15 is 4.79 Å². The fourth-order valence-electron chi connectivity index (χ4n) is 20.7. The molecule has 5 aliphatic heterocycles. The highest BCUT2D eigenvalue weighted by Crippen LogP contribution is 2.79. The van der Waals surface area contributed by atoms with Crippen molar-refractivity contribution in [3.8, 4) is 0 Å². The maximum atomic E-state index is 15.2. The first-order valence-corrected chi connectivity index (χ1v) is 27.0. The quantitative estimate of drug-likeness (QED) is 0.181. The molecule has 14 rings (SSSR count). The molecule has 14 nitrogen and oxygen atoms in total. The van der Waals surface area contributed by atoms with Gasteiger partial charge in [-0.2, -0.15) is 0 Å². The number of carbonyl (C=O) groups is 1. The summed E-state index contributed by atoms with van der Waals surface area (Å²) in [6.07, 6.45) is 7.28. The monoisotopic (exact) mass is 957 g/mol. The topological polar surface area (TPSA) is 214 Å². The molecule has 13 aliphatic rings. The van der Waals surface area contributed by atoms with Crippen LogP contribution in [-0.2, 0) is 54.2 Å². The van der Waals surface area contributed by atoms with Crippen molar-refractivity contribution in [3.05, 3.63) is 34.4 Å². The van der Waals surface area contributed by atoms with Crippen molar-refractivity contribution < 1.29 is 59.1 Å². The maximum Gasteiger partial charge on any atom is 0.201 e. The van der Waals surface area contributed by atoms with Crippen LogP contribution in [0.4, 0.5) is 0 Å². The standard InChI is InChI=1S/C55H76N2O12/c1-26-31-18-44-53(66-44)38-12-10-29-16-35-37(21-48(29,7)51(38,63)24-40(60)50(31,53)25-65-54(26)41(61)22-45(3,4)68-54)57-34-15-28-9-11-30-32(47(28,6)20-36(34)56-35)17-39(59)49(8)33(30)19-43-52(49,64)27(2)55(67-43)42(62)23-46(5,69-55)13-14-58/h19,26-32,38-39,41-44,58-59,61-64H,9-18,20-25H2,1-8H3. The van der Waals surface area contributed by atoms with Crippen LogP contribution in [-0.4, -0.2) is 130 Å². The Bertz CT molecular complexity index is 2500. The third-order valence-corrected chi connectivity index (χ3v) is 24.3. The maximum absolute atomic E-state index is 15.2. The van der Waals surface area contributed by atoms with Crippen LogP contribution in [0.1, 0.15) is 142 Å². The molecule has 10 fully saturated rings. The second kappa shape index (κ2) is 13.3. The molecule has 6 N–H and O–H groups in total. The van der Waals surface area contributed by atoms with Gasteiger partial charge in [0.1, 0.15) is 35.3 Å². The Morgan fingerprint density at radius 2 is 1.45 bits per heavy atom. The van der Waals surface area contributed by atoms with Gasteiger partial charge in [-0.1, -0.05) is 46.3 Å². The molecule has 5 saturated carbocycles. The van der Waals surface area contributed by atoms with Crippen molar-refractivity contribution in [2.24, 2.45) is 69.0 Å². The van der Waals surface area contributed by atoms with Gasteiger partial charge in [0.15, 0.2) is 5.79 Å². The molecule has 1 aromatic heterocycles. The number of rotatable bonds is 2. The summed E-state index contributed by atoms with van der Waals surface area (Å²) in [5, 5.41) is 71.7. The molecule has 6 heterocycles. The van der Waals surface area contributed by atoms with Gasteiger partial charge in [-0.05, 0) is 126 Å². The van der Waals surface area contributed by atoms with Crippen LogP contribution in [0.3, 0.4) is 0 Å². The van der Waals surface area contributed by atoms with Crippen molar-refractivity contribution in [1.82, 2.24) is 9.97 Å². The first kappa shape index (κ1) is 45.6.